The molecule has 1 fully saturated rings. The highest BCUT2D eigenvalue weighted by Gasteiger charge is 2.32. The molecule has 138 valence electrons. The summed E-state index contributed by atoms with van der Waals surface area (Å²) in [7, 11) is 0. The van der Waals surface area contributed by atoms with E-state index in [4.69, 9.17) is 0 Å². The molecular formula is C22H28N2O2. The van der Waals surface area contributed by atoms with Crippen LogP contribution in [0, 0.1) is 0 Å². The highest BCUT2D eigenvalue weighted by Crippen LogP contribution is 2.26. The molecule has 0 saturated carbocycles. The first-order valence-corrected chi connectivity index (χ1v) is 9.52. The number of benzene rings is 2. The Hall–Kier alpha value is -2.17. The monoisotopic (exact) mass is 352 g/mol. The van der Waals surface area contributed by atoms with Crippen molar-refractivity contribution >= 4 is 11.6 Å². The Morgan fingerprint density at radius 2 is 1.77 bits per heavy atom. The van der Waals surface area contributed by atoms with E-state index in [2.05, 4.69) is 17.0 Å². The van der Waals surface area contributed by atoms with E-state index in [0.29, 0.717) is 12.8 Å². The number of amides is 1. The molecule has 1 heterocycles. The number of piperidine rings is 1. The Morgan fingerprint density at radius 3 is 2.38 bits per heavy atom. The highest BCUT2D eigenvalue weighted by atomic mass is 16.3. The van der Waals surface area contributed by atoms with Gasteiger partial charge in [0.15, 0.2) is 0 Å². The van der Waals surface area contributed by atoms with Gasteiger partial charge in [0, 0.05) is 37.7 Å². The summed E-state index contributed by atoms with van der Waals surface area (Å²) in [6.07, 6.45) is 2.37. The van der Waals surface area contributed by atoms with Gasteiger partial charge < -0.3 is 10.0 Å². The second-order valence-electron chi connectivity index (χ2n) is 6.88. The minimum Gasteiger partial charge on any atom is -0.378 e. The van der Waals surface area contributed by atoms with Crippen LogP contribution in [0.5, 0.6) is 0 Å². The molecule has 1 amide bonds. The smallest absolute Gasteiger partial charge is 0.226 e. The molecule has 4 heteroatoms. The molecule has 0 bridgehead atoms. The maximum atomic E-state index is 12.5. The first-order chi connectivity index (χ1) is 12.7. The first kappa shape index (κ1) is 18.6. The third-order valence-electron chi connectivity index (χ3n) is 5.16. The zero-order valence-electron chi connectivity index (χ0n) is 15.4. The Balaban J connectivity index is 1.63. The Kier molecular flexibility index (Phi) is 6.42. The summed E-state index contributed by atoms with van der Waals surface area (Å²) in [6, 6.07) is 20.2. The third-order valence-corrected chi connectivity index (χ3v) is 5.16. The molecule has 1 aliphatic heterocycles. The molecule has 0 spiro atoms. The van der Waals surface area contributed by atoms with Gasteiger partial charge in [0.25, 0.3) is 0 Å². The van der Waals surface area contributed by atoms with Gasteiger partial charge >= 0.3 is 0 Å². The van der Waals surface area contributed by atoms with Crippen LogP contribution in [-0.2, 0) is 11.2 Å². The third kappa shape index (κ3) is 4.51. The lowest BCUT2D eigenvalue weighted by atomic mass is 9.99. The van der Waals surface area contributed by atoms with E-state index in [-0.39, 0.29) is 11.9 Å². The average Bonchev–Trinajstić information content (AvgIpc) is 2.69. The zero-order valence-corrected chi connectivity index (χ0v) is 15.4. The fraction of sp³-hybridized carbons (Fsp3) is 0.409. The van der Waals surface area contributed by atoms with Gasteiger partial charge in [-0.25, -0.2) is 0 Å². The molecule has 2 atom stereocenters. The topological polar surface area (TPSA) is 43.8 Å². The summed E-state index contributed by atoms with van der Waals surface area (Å²) in [5.74, 6) is 0.117. The van der Waals surface area contributed by atoms with Crippen LogP contribution in [0.1, 0.15) is 31.7 Å². The number of aliphatic hydroxyl groups is 1. The van der Waals surface area contributed by atoms with Crippen molar-refractivity contribution in [3.05, 3.63) is 66.2 Å². The molecule has 0 radical (unpaired) electrons. The predicted molar refractivity (Wildman–Crippen MR) is 105 cm³/mol. The van der Waals surface area contributed by atoms with E-state index >= 15 is 0 Å². The molecule has 1 saturated heterocycles. The van der Waals surface area contributed by atoms with Crippen molar-refractivity contribution in [1.29, 1.82) is 0 Å². The van der Waals surface area contributed by atoms with Gasteiger partial charge in [-0.1, -0.05) is 55.5 Å². The van der Waals surface area contributed by atoms with E-state index in [1.807, 2.05) is 60.4 Å². The van der Waals surface area contributed by atoms with Crippen LogP contribution >= 0.6 is 0 Å². The quantitative estimate of drug-likeness (QED) is 0.866. The number of likely N-dealkylation sites (tertiary alicyclic amines) is 1. The molecule has 2 unspecified atom stereocenters. The van der Waals surface area contributed by atoms with Crippen LogP contribution in [0.2, 0.25) is 0 Å². The summed E-state index contributed by atoms with van der Waals surface area (Å²) >= 11 is 0. The number of hydrogen-bond donors (Lipinski definition) is 1. The molecule has 0 aliphatic carbocycles. The van der Waals surface area contributed by atoms with Gasteiger partial charge in [0.1, 0.15) is 6.23 Å². The number of carbonyl (C=O) groups is 1. The van der Waals surface area contributed by atoms with Gasteiger partial charge in [0.2, 0.25) is 5.91 Å². The standard InChI is InChI=1S/C22H28N2O2/c1-2-21(25)24(19-11-7-4-8-12-19)20-14-16-23(22(26)17-20)15-13-18-9-5-3-6-10-18/h3-12,20,22,26H,2,13-17H2,1H3. The van der Waals surface area contributed by atoms with Crippen molar-refractivity contribution in [3.63, 3.8) is 0 Å². The SMILES string of the molecule is CCC(=O)N(c1ccccc1)C1CCN(CCc2ccccc2)C(O)C1. The van der Waals surface area contributed by atoms with E-state index in [9.17, 15) is 9.90 Å². The van der Waals surface area contributed by atoms with E-state index in [0.717, 1.165) is 31.6 Å². The Labute approximate surface area is 156 Å². The number of anilines is 1. The van der Waals surface area contributed by atoms with Crippen LogP contribution < -0.4 is 4.90 Å². The van der Waals surface area contributed by atoms with Gasteiger partial charge in [0.05, 0.1) is 0 Å². The summed E-state index contributed by atoms with van der Waals surface area (Å²) in [5, 5.41) is 10.7. The minimum absolute atomic E-state index is 0.0489. The largest absolute Gasteiger partial charge is 0.378 e. The van der Waals surface area contributed by atoms with Crippen LogP contribution in [0.25, 0.3) is 0 Å². The molecule has 26 heavy (non-hydrogen) atoms. The molecule has 2 aromatic carbocycles. The maximum Gasteiger partial charge on any atom is 0.226 e. The second kappa shape index (κ2) is 8.97. The van der Waals surface area contributed by atoms with E-state index in [1.54, 1.807) is 0 Å². The van der Waals surface area contributed by atoms with Crippen LogP contribution in [-0.4, -0.2) is 41.3 Å². The van der Waals surface area contributed by atoms with Crippen molar-refractivity contribution in [2.24, 2.45) is 0 Å². The number of hydrogen-bond acceptors (Lipinski definition) is 3. The molecule has 0 aromatic heterocycles. The number of rotatable bonds is 6. The Bertz CT molecular complexity index is 690. The summed E-state index contributed by atoms with van der Waals surface area (Å²) in [4.78, 5) is 16.6. The lowest BCUT2D eigenvalue weighted by Gasteiger charge is -2.41. The maximum absolute atomic E-state index is 12.5. The first-order valence-electron chi connectivity index (χ1n) is 9.52. The minimum atomic E-state index is -0.506. The molecular weight excluding hydrogens is 324 g/mol. The number of carbonyl (C=O) groups excluding carboxylic acids is 1. The number of nitrogens with zero attached hydrogens (tertiary/aromatic N) is 2. The normalized spacial score (nSPS) is 20.7. The molecule has 3 rings (SSSR count). The van der Waals surface area contributed by atoms with Crippen LogP contribution in [0.15, 0.2) is 60.7 Å². The van der Waals surface area contributed by atoms with Crippen LogP contribution in [0.3, 0.4) is 0 Å². The fourth-order valence-electron chi connectivity index (χ4n) is 3.70. The molecule has 2 aromatic rings. The molecule has 1 N–H and O–H groups in total. The van der Waals surface area contributed by atoms with Crippen LogP contribution in [0.4, 0.5) is 5.69 Å². The number of para-hydroxylation sites is 1. The van der Waals surface area contributed by atoms with Crippen molar-refractivity contribution < 1.29 is 9.90 Å². The molecule has 1 aliphatic rings. The lowest BCUT2D eigenvalue weighted by molar-refractivity contribution is -0.119. The predicted octanol–water partition coefficient (Wildman–Crippen LogP) is 3.46. The zero-order chi connectivity index (χ0) is 18.4. The lowest BCUT2D eigenvalue weighted by Crippen LogP contribution is -2.52. The summed E-state index contributed by atoms with van der Waals surface area (Å²) < 4.78 is 0. The summed E-state index contributed by atoms with van der Waals surface area (Å²) in [5.41, 5.74) is 2.21. The fourth-order valence-corrected chi connectivity index (χ4v) is 3.70. The van der Waals surface area contributed by atoms with Gasteiger partial charge in [-0.2, -0.15) is 0 Å². The van der Waals surface area contributed by atoms with Gasteiger partial charge in [-0.15, -0.1) is 0 Å². The van der Waals surface area contributed by atoms with E-state index < -0.39 is 6.23 Å². The van der Waals surface area contributed by atoms with Crippen molar-refractivity contribution in [2.45, 2.75) is 44.9 Å². The van der Waals surface area contributed by atoms with Crippen molar-refractivity contribution in [1.82, 2.24) is 4.90 Å². The van der Waals surface area contributed by atoms with Crippen molar-refractivity contribution in [3.8, 4) is 0 Å². The van der Waals surface area contributed by atoms with Gasteiger partial charge in [-0.3, -0.25) is 9.69 Å². The van der Waals surface area contributed by atoms with Crippen molar-refractivity contribution in [2.75, 3.05) is 18.0 Å². The molecule has 4 nitrogen and oxygen atoms in total. The second-order valence-corrected chi connectivity index (χ2v) is 6.88. The highest BCUT2D eigenvalue weighted by molar-refractivity contribution is 5.93. The average molecular weight is 352 g/mol. The van der Waals surface area contributed by atoms with Gasteiger partial charge in [-0.05, 0) is 30.5 Å². The summed E-state index contributed by atoms with van der Waals surface area (Å²) in [6.45, 7) is 3.54. The Morgan fingerprint density at radius 1 is 1.12 bits per heavy atom. The van der Waals surface area contributed by atoms with E-state index in [1.165, 1.54) is 5.56 Å². The number of aliphatic hydroxyl groups excluding tert-OH is 1.